The molecule has 0 aliphatic carbocycles. The van der Waals surface area contributed by atoms with Gasteiger partial charge in [0.05, 0.1) is 17.1 Å². The summed E-state index contributed by atoms with van der Waals surface area (Å²) in [6.45, 7) is 6.51. The van der Waals surface area contributed by atoms with Gasteiger partial charge < -0.3 is 14.5 Å². The summed E-state index contributed by atoms with van der Waals surface area (Å²) < 4.78 is 12.6. The van der Waals surface area contributed by atoms with Gasteiger partial charge in [-0.3, -0.25) is 0 Å². The number of halogens is 1. The number of furan rings is 1. The molecule has 1 unspecified atom stereocenters. The van der Waals surface area contributed by atoms with Crippen molar-refractivity contribution in [3.8, 4) is 0 Å². The van der Waals surface area contributed by atoms with Gasteiger partial charge in [0.15, 0.2) is 0 Å². The van der Waals surface area contributed by atoms with Crippen LogP contribution in [0.5, 0.6) is 0 Å². The standard InChI is InChI=1S/C15H20BrNO2/c1-3-8-18-10-13(17-4-2)14-9-11-6-5-7-12(16)15(11)19-14/h5-7,9,13,17H,3-4,8,10H2,1-2H3. The summed E-state index contributed by atoms with van der Waals surface area (Å²) in [5.41, 5.74) is 0.899. The fourth-order valence-electron chi connectivity index (χ4n) is 2.05. The summed E-state index contributed by atoms with van der Waals surface area (Å²) >= 11 is 3.52. The zero-order chi connectivity index (χ0) is 13.7. The summed E-state index contributed by atoms with van der Waals surface area (Å²) in [7, 11) is 0. The van der Waals surface area contributed by atoms with E-state index in [9.17, 15) is 0 Å². The Bertz CT molecular complexity index is 524. The number of benzene rings is 1. The molecule has 1 heterocycles. The third kappa shape index (κ3) is 3.59. The highest BCUT2D eigenvalue weighted by molar-refractivity contribution is 9.10. The highest BCUT2D eigenvalue weighted by Gasteiger charge is 2.16. The van der Waals surface area contributed by atoms with Crippen molar-refractivity contribution in [3.63, 3.8) is 0 Å². The van der Waals surface area contributed by atoms with Crippen LogP contribution in [0, 0.1) is 0 Å². The number of nitrogens with one attached hydrogen (secondary N) is 1. The molecular formula is C15H20BrNO2. The van der Waals surface area contributed by atoms with E-state index in [-0.39, 0.29) is 6.04 Å². The van der Waals surface area contributed by atoms with Crippen molar-refractivity contribution in [2.24, 2.45) is 0 Å². The van der Waals surface area contributed by atoms with Crippen LogP contribution < -0.4 is 5.32 Å². The molecule has 2 rings (SSSR count). The molecule has 0 spiro atoms. The Morgan fingerprint density at radius 1 is 1.37 bits per heavy atom. The van der Waals surface area contributed by atoms with Crippen LogP contribution in [-0.2, 0) is 4.74 Å². The van der Waals surface area contributed by atoms with Crippen molar-refractivity contribution < 1.29 is 9.15 Å². The van der Waals surface area contributed by atoms with Crippen LogP contribution in [0.4, 0.5) is 0 Å². The Balaban J connectivity index is 2.20. The second-order valence-corrected chi connectivity index (χ2v) is 5.35. The number of fused-ring (bicyclic) bond motifs is 1. The van der Waals surface area contributed by atoms with E-state index in [1.54, 1.807) is 0 Å². The molecule has 3 nitrogen and oxygen atoms in total. The second-order valence-electron chi connectivity index (χ2n) is 4.49. The van der Waals surface area contributed by atoms with Crippen LogP contribution in [0.25, 0.3) is 11.0 Å². The molecule has 1 aromatic carbocycles. The van der Waals surface area contributed by atoms with Gasteiger partial charge in [0.1, 0.15) is 11.3 Å². The van der Waals surface area contributed by atoms with E-state index < -0.39 is 0 Å². The predicted octanol–water partition coefficient (Wildman–Crippen LogP) is 4.27. The van der Waals surface area contributed by atoms with E-state index in [4.69, 9.17) is 9.15 Å². The summed E-state index contributed by atoms with van der Waals surface area (Å²) in [4.78, 5) is 0. The smallest absolute Gasteiger partial charge is 0.148 e. The first-order chi connectivity index (χ1) is 9.26. The van der Waals surface area contributed by atoms with Crippen LogP contribution in [0.15, 0.2) is 33.2 Å². The van der Waals surface area contributed by atoms with Crippen molar-refractivity contribution >= 4 is 26.9 Å². The molecule has 2 aromatic rings. The van der Waals surface area contributed by atoms with Gasteiger partial charge in [-0.15, -0.1) is 0 Å². The van der Waals surface area contributed by atoms with Gasteiger partial charge in [-0.2, -0.15) is 0 Å². The fourth-order valence-corrected chi connectivity index (χ4v) is 2.52. The Morgan fingerprint density at radius 3 is 2.89 bits per heavy atom. The molecule has 4 heteroatoms. The highest BCUT2D eigenvalue weighted by atomic mass is 79.9. The van der Waals surface area contributed by atoms with Crippen molar-refractivity contribution in [3.05, 3.63) is 34.5 Å². The monoisotopic (exact) mass is 325 g/mol. The molecule has 0 aliphatic heterocycles. The first kappa shape index (κ1) is 14.6. The fraction of sp³-hybridized carbons (Fsp3) is 0.467. The maximum Gasteiger partial charge on any atom is 0.148 e. The van der Waals surface area contributed by atoms with E-state index in [1.165, 1.54) is 0 Å². The molecule has 1 aromatic heterocycles. The summed E-state index contributed by atoms with van der Waals surface area (Å²) in [6.07, 6.45) is 1.03. The molecule has 19 heavy (non-hydrogen) atoms. The largest absolute Gasteiger partial charge is 0.458 e. The number of hydrogen-bond acceptors (Lipinski definition) is 3. The molecule has 0 saturated carbocycles. The van der Waals surface area contributed by atoms with Gasteiger partial charge in [-0.25, -0.2) is 0 Å². The summed E-state index contributed by atoms with van der Waals surface area (Å²) in [5, 5.41) is 4.52. The topological polar surface area (TPSA) is 34.4 Å². The Hall–Kier alpha value is -0.840. The molecule has 0 fully saturated rings. The lowest BCUT2D eigenvalue weighted by Gasteiger charge is -2.15. The molecule has 104 valence electrons. The van der Waals surface area contributed by atoms with E-state index in [0.717, 1.165) is 40.8 Å². The average Bonchev–Trinajstić information content (AvgIpc) is 2.83. The molecule has 0 amide bonds. The molecule has 1 N–H and O–H groups in total. The van der Waals surface area contributed by atoms with Crippen LogP contribution in [-0.4, -0.2) is 19.8 Å². The Kier molecular flexibility index (Phi) is 5.43. The maximum atomic E-state index is 5.95. The van der Waals surface area contributed by atoms with Crippen molar-refractivity contribution in [1.29, 1.82) is 0 Å². The lowest BCUT2D eigenvalue weighted by molar-refractivity contribution is 0.106. The maximum absolute atomic E-state index is 5.95. The minimum atomic E-state index is 0.107. The molecular weight excluding hydrogens is 306 g/mol. The first-order valence-corrected chi connectivity index (χ1v) is 7.54. The second kappa shape index (κ2) is 7.08. The van der Waals surface area contributed by atoms with Crippen molar-refractivity contribution in [2.45, 2.75) is 26.3 Å². The zero-order valence-electron chi connectivity index (χ0n) is 11.4. The normalized spacial score (nSPS) is 13.0. The Labute approximate surface area is 122 Å². The number of likely N-dealkylation sites (N-methyl/N-ethyl adjacent to an activating group) is 1. The lowest BCUT2D eigenvalue weighted by Crippen LogP contribution is -2.25. The Morgan fingerprint density at radius 2 is 2.21 bits per heavy atom. The molecule has 0 radical (unpaired) electrons. The number of rotatable bonds is 7. The van der Waals surface area contributed by atoms with Gasteiger partial charge in [0, 0.05) is 12.0 Å². The predicted molar refractivity (Wildman–Crippen MR) is 81.4 cm³/mol. The molecule has 1 atom stereocenters. The van der Waals surface area contributed by atoms with E-state index in [1.807, 2.05) is 12.1 Å². The zero-order valence-corrected chi connectivity index (χ0v) is 13.0. The van der Waals surface area contributed by atoms with E-state index >= 15 is 0 Å². The molecule has 0 aliphatic rings. The SMILES string of the molecule is CCCOCC(NCC)c1cc2cccc(Br)c2o1. The minimum absolute atomic E-state index is 0.107. The van der Waals surface area contributed by atoms with E-state index in [2.05, 4.69) is 47.2 Å². The lowest BCUT2D eigenvalue weighted by atomic mass is 10.2. The highest BCUT2D eigenvalue weighted by Crippen LogP contribution is 2.29. The number of ether oxygens (including phenoxy) is 1. The van der Waals surface area contributed by atoms with Crippen LogP contribution in [0.2, 0.25) is 0 Å². The number of hydrogen-bond donors (Lipinski definition) is 1. The quantitative estimate of drug-likeness (QED) is 0.772. The van der Waals surface area contributed by atoms with Gasteiger partial charge in [-0.1, -0.05) is 26.0 Å². The van der Waals surface area contributed by atoms with Crippen LogP contribution >= 0.6 is 15.9 Å². The van der Waals surface area contributed by atoms with Gasteiger partial charge in [0.25, 0.3) is 0 Å². The summed E-state index contributed by atoms with van der Waals surface area (Å²) in [5.74, 6) is 0.930. The number of para-hydroxylation sites is 1. The minimum Gasteiger partial charge on any atom is -0.458 e. The summed E-state index contributed by atoms with van der Waals surface area (Å²) in [6, 6.07) is 8.26. The van der Waals surface area contributed by atoms with Gasteiger partial charge in [0.2, 0.25) is 0 Å². The van der Waals surface area contributed by atoms with Gasteiger partial charge in [-0.05, 0) is 41.0 Å². The molecule has 0 saturated heterocycles. The third-order valence-electron chi connectivity index (χ3n) is 2.94. The van der Waals surface area contributed by atoms with Crippen molar-refractivity contribution in [1.82, 2.24) is 5.32 Å². The first-order valence-electron chi connectivity index (χ1n) is 6.75. The molecule has 0 bridgehead atoms. The van der Waals surface area contributed by atoms with Crippen LogP contribution in [0.3, 0.4) is 0 Å². The van der Waals surface area contributed by atoms with E-state index in [0.29, 0.717) is 6.61 Å². The third-order valence-corrected chi connectivity index (χ3v) is 3.57. The van der Waals surface area contributed by atoms with Crippen molar-refractivity contribution in [2.75, 3.05) is 19.8 Å². The van der Waals surface area contributed by atoms with Crippen LogP contribution in [0.1, 0.15) is 32.1 Å². The van der Waals surface area contributed by atoms with Gasteiger partial charge >= 0.3 is 0 Å². The average molecular weight is 326 g/mol.